The highest BCUT2D eigenvalue weighted by atomic mass is 32.2. The standard InChI is InChI=1S/C13H19NO4S/c1-10(14-5-8-19(2,15)16)11-3-4-12-13(9-11)18-7-6-17-12/h3-4,9-10,14H,5-8H2,1-2H3. The number of hydrogen-bond donors (Lipinski definition) is 1. The molecule has 0 spiro atoms. The van der Waals surface area contributed by atoms with Crippen LogP contribution in [0.4, 0.5) is 0 Å². The van der Waals surface area contributed by atoms with Gasteiger partial charge in [0, 0.05) is 18.8 Å². The van der Waals surface area contributed by atoms with Crippen molar-refractivity contribution in [3.63, 3.8) is 0 Å². The van der Waals surface area contributed by atoms with Crippen molar-refractivity contribution >= 4 is 9.84 Å². The van der Waals surface area contributed by atoms with E-state index in [0.29, 0.717) is 19.8 Å². The van der Waals surface area contributed by atoms with Gasteiger partial charge in [-0.3, -0.25) is 0 Å². The van der Waals surface area contributed by atoms with Gasteiger partial charge in [0.05, 0.1) is 5.75 Å². The third kappa shape index (κ3) is 4.11. The average molecular weight is 285 g/mol. The minimum atomic E-state index is -2.92. The molecular weight excluding hydrogens is 266 g/mol. The van der Waals surface area contributed by atoms with Gasteiger partial charge in [0.25, 0.3) is 0 Å². The number of ether oxygens (including phenoxy) is 2. The largest absolute Gasteiger partial charge is 0.486 e. The summed E-state index contributed by atoms with van der Waals surface area (Å²) in [5, 5.41) is 3.19. The van der Waals surface area contributed by atoms with Gasteiger partial charge in [-0.2, -0.15) is 0 Å². The van der Waals surface area contributed by atoms with Crippen LogP contribution in [-0.2, 0) is 9.84 Å². The van der Waals surface area contributed by atoms with Crippen LogP contribution in [0.1, 0.15) is 18.5 Å². The van der Waals surface area contributed by atoms with Gasteiger partial charge < -0.3 is 14.8 Å². The summed E-state index contributed by atoms with van der Waals surface area (Å²) in [7, 11) is -2.92. The molecule has 2 rings (SSSR count). The zero-order valence-corrected chi connectivity index (χ0v) is 12.0. The van der Waals surface area contributed by atoms with E-state index < -0.39 is 9.84 Å². The Hall–Kier alpha value is -1.27. The lowest BCUT2D eigenvalue weighted by molar-refractivity contribution is 0.171. The lowest BCUT2D eigenvalue weighted by Gasteiger charge is -2.21. The van der Waals surface area contributed by atoms with E-state index in [-0.39, 0.29) is 11.8 Å². The Bertz CT molecular complexity index is 542. The smallest absolute Gasteiger partial charge is 0.161 e. The summed E-state index contributed by atoms with van der Waals surface area (Å²) in [5.41, 5.74) is 1.05. The fraction of sp³-hybridized carbons (Fsp3) is 0.538. The fourth-order valence-electron chi connectivity index (χ4n) is 1.91. The Balaban J connectivity index is 1.97. The Morgan fingerprint density at radius 3 is 2.63 bits per heavy atom. The molecule has 1 aromatic carbocycles. The summed E-state index contributed by atoms with van der Waals surface area (Å²) in [4.78, 5) is 0. The van der Waals surface area contributed by atoms with Gasteiger partial charge in [-0.1, -0.05) is 6.07 Å². The molecule has 1 atom stereocenters. The lowest BCUT2D eigenvalue weighted by atomic mass is 10.1. The summed E-state index contributed by atoms with van der Waals surface area (Å²) >= 11 is 0. The molecular formula is C13H19NO4S. The van der Waals surface area contributed by atoms with E-state index >= 15 is 0 Å². The molecule has 0 aliphatic carbocycles. The van der Waals surface area contributed by atoms with Crippen LogP contribution in [-0.4, -0.2) is 40.2 Å². The molecule has 5 nitrogen and oxygen atoms in total. The molecule has 0 radical (unpaired) electrons. The second kappa shape index (κ2) is 5.79. The highest BCUT2D eigenvalue weighted by Crippen LogP contribution is 2.32. The number of benzene rings is 1. The first-order chi connectivity index (χ1) is 8.96. The highest BCUT2D eigenvalue weighted by Gasteiger charge is 2.14. The van der Waals surface area contributed by atoms with E-state index in [0.717, 1.165) is 17.1 Å². The number of sulfone groups is 1. The summed E-state index contributed by atoms with van der Waals surface area (Å²) in [5.74, 6) is 1.65. The third-order valence-electron chi connectivity index (χ3n) is 2.99. The van der Waals surface area contributed by atoms with Gasteiger partial charge in [-0.05, 0) is 24.6 Å². The van der Waals surface area contributed by atoms with E-state index in [9.17, 15) is 8.42 Å². The van der Waals surface area contributed by atoms with Gasteiger partial charge in [-0.15, -0.1) is 0 Å². The fourth-order valence-corrected chi connectivity index (χ4v) is 2.40. The van der Waals surface area contributed by atoms with Gasteiger partial charge in [-0.25, -0.2) is 8.42 Å². The summed E-state index contributed by atoms with van der Waals surface area (Å²) in [6, 6.07) is 5.86. The van der Waals surface area contributed by atoms with E-state index in [1.807, 2.05) is 25.1 Å². The second-order valence-electron chi connectivity index (χ2n) is 4.71. The Kier molecular flexibility index (Phi) is 4.31. The van der Waals surface area contributed by atoms with Crippen LogP contribution in [0.2, 0.25) is 0 Å². The van der Waals surface area contributed by atoms with Crippen LogP contribution in [0, 0.1) is 0 Å². The van der Waals surface area contributed by atoms with Gasteiger partial charge in [0.1, 0.15) is 23.1 Å². The van der Waals surface area contributed by atoms with Crippen molar-refractivity contribution in [1.82, 2.24) is 5.32 Å². The van der Waals surface area contributed by atoms with Crippen molar-refractivity contribution in [3.8, 4) is 11.5 Å². The van der Waals surface area contributed by atoms with E-state index in [2.05, 4.69) is 5.32 Å². The summed E-state index contributed by atoms with van der Waals surface area (Å²) in [6.07, 6.45) is 1.24. The van der Waals surface area contributed by atoms with Crippen LogP contribution in [0.5, 0.6) is 11.5 Å². The summed E-state index contributed by atoms with van der Waals surface area (Å²) < 4.78 is 33.1. The minimum Gasteiger partial charge on any atom is -0.486 e. The molecule has 1 aliphatic heterocycles. The van der Waals surface area contributed by atoms with E-state index in [1.54, 1.807) is 0 Å². The van der Waals surface area contributed by atoms with Crippen molar-refractivity contribution in [3.05, 3.63) is 23.8 Å². The van der Waals surface area contributed by atoms with Gasteiger partial charge in [0.2, 0.25) is 0 Å². The van der Waals surface area contributed by atoms with Crippen molar-refractivity contribution in [2.75, 3.05) is 31.8 Å². The molecule has 0 saturated heterocycles. The molecule has 1 aromatic rings. The lowest BCUT2D eigenvalue weighted by Crippen LogP contribution is -2.25. The molecule has 19 heavy (non-hydrogen) atoms. The number of rotatable bonds is 5. The highest BCUT2D eigenvalue weighted by molar-refractivity contribution is 7.90. The second-order valence-corrected chi connectivity index (χ2v) is 6.97. The number of fused-ring (bicyclic) bond motifs is 1. The molecule has 1 N–H and O–H groups in total. The molecule has 1 unspecified atom stereocenters. The first kappa shape index (κ1) is 14.1. The Labute approximate surface area is 113 Å². The SMILES string of the molecule is CC(NCCS(C)(=O)=O)c1ccc2c(c1)OCCO2. The minimum absolute atomic E-state index is 0.0672. The predicted octanol–water partition coefficient (Wildman–Crippen LogP) is 1.15. The topological polar surface area (TPSA) is 64.6 Å². The molecule has 0 bridgehead atoms. The van der Waals surface area contributed by atoms with E-state index in [1.165, 1.54) is 6.26 Å². The van der Waals surface area contributed by atoms with Crippen molar-refractivity contribution in [2.45, 2.75) is 13.0 Å². The van der Waals surface area contributed by atoms with Crippen molar-refractivity contribution in [1.29, 1.82) is 0 Å². The molecule has 1 heterocycles. The summed E-state index contributed by atoms with van der Waals surface area (Å²) in [6.45, 7) is 3.57. The quantitative estimate of drug-likeness (QED) is 0.879. The Morgan fingerprint density at radius 2 is 1.95 bits per heavy atom. The third-order valence-corrected chi connectivity index (χ3v) is 3.94. The predicted molar refractivity (Wildman–Crippen MR) is 73.6 cm³/mol. The molecule has 1 aliphatic rings. The van der Waals surface area contributed by atoms with Gasteiger partial charge >= 0.3 is 0 Å². The molecule has 0 aromatic heterocycles. The zero-order chi connectivity index (χ0) is 13.9. The molecule has 0 saturated carbocycles. The van der Waals surface area contributed by atoms with Crippen LogP contribution in [0.25, 0.3) is 0 Å². The first-order valence-corrected chi connectivity index (χ1v) is 8.32. The van der Waals surface area contributed by atoms with Crippen LogP contribution in [0.15, 0.2) is 18.2 Å². The molecule has 0 amide bonds. The van der Waals surface area contributed by atoms with Crippen molar-refractivity contribution in [2.24, 2.45) is 0 Å². The maximum Gasteiger partial charge on any atom is 0.161 e. The van der Waals surface area contributed by atoms with E-state index in [4.69, 9.17) is 9.47 Å². The van der Waals surface area contributed by atoms with Gasteiger partial charge in [0.15, 0.2) is 11.5 Å². The molecule has 106 valence electrons. The van der Waals surface area contributed by atoms with Crippen LogP contribution >= 0.6 is 0 Å². The number of nitrogens with one attached hydrogen (secondary N) is 1. The Morgan fingerprint density at radius 1 is 1.26 bits per heavy atom. The van der Waals surface area contributed by atoms with Crippen LogP contribution < -0.4 is 14.8 Å². The molecule has 6 heteroatoms. The van der Waals surface area contributed by atoms with Crippen LogP contribution in [0.3, 0.4) is 0 Å². The number of hydrogen-bond acceptors (Lipinski definition) is 5. The maximum atomic E-state index is 11.1. The van der Waals surface area contributed by atoms with Crippen molar-refractivity contribution < 1.29 is 17.9 Å². The monoisotopic (exact) mass is 285 g/mol. The average Bonchev–Trinajstić information content (AvgIpc) is 2.36. The normalized spacial score (nSPS) is 16.1. The zero-order valence-electron chi connectivity index (χ0n) is 11.2. The molecule has 0 fully saturated rings. The first-order valence-electron chi connectivity index (χ1n) is 6.26. The maximum absolute atomic E-state index is 11.1.